The highest BCUT2D eigenvalue weighted by Gasteiger charge is 2.32. The zero-order valence-electron chi connectivity index (χ0n) is 18.6. The molecule has 1 heterocycles. The minimum Gasteiger partial charge on any atom is -0.496 e. The van der Waals surface area contributed by atoms with Gasteiger partial charge in [0, 0.05) is 17.3 Å². The topological polar surface area (TPSA) is 43.6 Å². The summed E-state index contributed by atoms with van der Waals surface area (Å²) in [5, 5.41) is 0. The maximum Gasteiger partial charge on any atom is 0.416 e. The first-order chi connectivity index (χ1) is 14.1. The molecule has 0 N–H and O–H groups in total. The van der Waals surface area contributed by atoms with Gasteiger partial charge in [0.15, 0.2) is 0 Å². The predicted octanol–water partition coefficient (Wildman–Crippen LogP) is 6.14. The average Bonchev–Trinajstić information content (AvgIpc) is 3.02. The number of hydrogen-bond acceptors (Lipinski definition) is 3. The zero-order valence-corrected chi connectivity index (χ0v) is 19.4. The number of methoxy groups -OCH3 is 1. The molecule has 0 saturated heterocycles. The number of alkyl halides is 4. The Bertz CT molecular complexity index is 993. The molecule has 1 amide bonds. The van der Waals surface area contributed by atoms with Crippen molar-refractivity contribution in [1.29, 1.82) is 0 Å². The molecule has 0 bridgehead atoms. The number of carbonyl (C=O) groups excluding carboxylic acids is 1. The summed E-state index contributed by atoms with van der Waals surface area (Å²) >= 11 is 1.24. The molecule has 0 unspecified atom stereocenters. The van der Waals surface area contributed by atoms with Crippen molar-refractivity contribution in [1.82, 2.24) is 3.96 Å². The van der Waals surface area contributed by atoms with Crippen molar-refractivity contribution in [3.63, 3.8) is 0 Å². The lowest BCUT2D eigenvalue weighted by atomic mass is 10.0. The fraction of sp³-hybridized carbons (Fsp3) is 0.545. The van der Waals surface area contributed by atoms with Gasteiger partial charge in [-0.1, -0.05) is 0 Å². The number of halogens is 4. The predicted molar refractivity (Wildman–Crippen MR) is 113 cm³/mol. The van der Waals surface area contributed by atoms with Gasteiger partial charge in [-0.05, 0) is 83.6 Å². The van der Waals surface area contributed by atoms with E-state index >= 15 is 0 Å². The van der Waals surface area contributed by atoms with Crippen molar-refractivity contribution >= 4 is 17.4 Å². The van der Waals surface area contributed by atoms with Crippen LogP contribution in [-0.4, -0.2) is 22.6 Å². The standard InChI is InChI=1S/C22H28F4N2O2S/c1-20(2,3)28-13-14(8-7-11-21(4,5)23)19(31-28)27-18(29)16-12-15(22(24,25)26)9-10-17(16)30-6/h9-10,12-13H,7-8,11H2,1-6H3/b27-19-. The van der Waals surface area contributed by atoms with Crippen molar-refractivity contribution in [2.45, 2.75) is 71.3 Å². The molecule has 0 spiro atoms. The lowest BCUT2D eigenvalue weighted by Gasteiger charge is -2.19. The molecule has 31 heavy (non-hydrogen) atoms. The van der Waals surface area contributed by atoms with E-state index in [-0.39, 0.29) is 16.9 Å². The van der Waals surface area contributed by atoms with Gasteiger partial charge >= 0.3 is 6.18 Å². The molecule has 1 aromatic heterocycles. The van der Waals surface area contributed by atoms with Crippen LogP contribution in [-0.2, 0) is 18.1 Å². The van der Waals surface area contributed by atoms with E-state index in [1.807, 2.05) is 30.9 Å². The van der Waals surface area contributed by atoms with Crippen molar-refractivity contribution in [2.24, 2.45) is 4.99 Å². The highest BCUT2D eigenvalue weighted by atomic mass is 32.1. The number of carbonyl (C=O) groups is 1. The quantitative estimate of drug-likeness (QED) is 0.486. The van der Waals surface area contributed by atoms with Crippen molar-refractivity contribution in [3.8, 4) is 5.75 Å². The minimum atomic E-state index is -4.59. The van der Waals surface area contributed by atoms with Crippen LogP contribution in [0.15, 0.2) is 29.4 Å². The molecule has 2 aromatic rings. The number of rotatable bonds is 6. The lowest BCUT2D eigenvalue weighted by Crippen LogP contribution is -2.18. The van der Waals surface area contributed by atoms with E-state index in [1.54, 1.807) is 0 Å². The van der Waals surface area contributed by atoms with Crippen LogP contribution >= 0.6 is 11.5 Å². The number of hydrogen-bond donors (Lipinski definition) is 0. The molecule has 0 fully saturated rings. The van der Waals surface area contributed by atoms with Gasteiger partial charge in [-0.2, -0.15) is 18.2 Å². The smallest absolute Gasteiger partial charge is 0.416 e. The molecular weight excluding hydrogens is 432 g/mol. The monoisotopic (exact) mass is 460 g/mol. The fourth-order valence-electron chi connectivity index (χ4n) is 2.87. The molecule has 1 aromatic carbocycles. The summed E-state index contributed by atoms with van der Waals surface area (Å²) in [6.07, 6.45) is -1.34. The highest BCUT2D eigenvalue weighted by molar-refractivity contribution is 7.04. The number of nitrogens with zero attached hydrogens (tertiary/aromatic N) is 2. The summed E-state index contributed by atoms with van der Waals surface area (Å²) in [4.78, 5) is 17.0. The Kier molecular flexibility index (Phi) is 7.40. The summed E-state index contributed by atoms with van der Waals surface area (Å²) in [5.41, 5.74) is -2.04. The molecule has 0 aliphatic heterocycles. The van der Waals surface area contributed by atoms with Gasteiger partial charge in [-0.15, -0.1) is 0 Å². The summed E-state index contributed by atoms with van der Waals surface area (Å²) in [6, 6.07) is 2.72. The number of aromatic nitrogens is 1. The molecule has 4 nitrogen and oxygen atoms in total. The molecule has 172 valence electrons. The van der Waals surface area contributed by atoms with Crippen molar-refractivity contribution in [3.05, 3.63) is 45.8 Å². The van der Waals surface area contributed by atoms with Crippen molar-refractivity contribution in [2.75, 3.05) is 7.11 Å². The third-order valence-corrected chi connectivity index (χ3v) is 5.95. The van der Waals surface area contributed by atoms with Crippen LogP contribution in [0.25, 0.3) is 0 Å². The van der Waals surface area contributed by atoms with E-state index in [4.69, 9.17) is 4.74 Å². The van der Waals surface area contributed by atoms with Gasteiger partial charge in [0.05, 0.1) is 18.2 Å². The molecule has 0 saturated carbocycles. The molecule has 0 radical (unpaired) electrons. The molecule has 0 aliphatic carbocycles. The van der Waals surface area contributed by atoms with E-state index in [0.717, 1.165) is 23.8 Å². The van der Waals surface area contributed by atoms with E-state index in [1.165, 1.54) is 32.5 Å². The molecule has 2 rings (SSSR count). The molecule has 0 atom stereocenters. The molecule has 0 aliphatic rings. The SMILES string of the molecule is COc1ccc(C(F)(F)F)cc1C(=O)/N=c1\sn(C(C)(C)C)cc1CCCC(C)(C)F. The maximum atomic E-state index is 13.8. The third-order valence-electron chi connectivity index (χ3n) is 4.57. The van der Waals surface area contributed by atoms with Crippen LogP contribution in [0.3, 0.4) is 0 Å². The Morgan fingerprint density at radius 3 is 2.29 bits per heavy atom. The van der Waals surface area contributed by atoms with Crippen molar-refractivity contribution < 1.29 is 27.1 Å². The van der Waals surface area contributed by atoms with Crippen LogP contribution in [0.1, 0.15) is 68.9 Å². The van der Waals surface area contributed by atoms with Crippen LogP contribution in [0.5, 0.6) is 5.75 Å². The Labute approximate surface area is 183 Å². The summed E-state index contributed by atoms with van der Waals surface area (Å²) in [7, 11) is 1.28. The summed E-state index contributed by atoms with van der Waals surface area (Å²) < 4.78 is 60.6. The van der Waals surface area contributed by atoms with Crippen LogP contribution in [0.4, 0.5) is 17.6 Å². The first kappa shape index (κ1) is 25.1. The highest BCUT2D eigenvalue weighted by Crippen LogP contribution is 2.33. The number of ether oxygens (including phenoxy) is 1. The Morgan fingerprint density at radius 2 is 1.77 bits per heavy atom. The second-order valence-electron chi connectivity index (χ2n) is 8.95. The van der Waals surface area contributed by atoms with Gasteiger partial charge in [0.2, 0.25) is 0 Å². The molecule has 9 heteroatoms. The first-order valence-corrected chi connectivity index (χ1v) is 10.6. The Morgan fingerprint density at radius 1 is 1.13 bits per heavy atom. The maximum absolute atomic E-state index is 13.8. The normalized spacial score (nSPS) is 13.5. The third kappa shape index (κ3) is 6.92. The number of aryl methyl sites for hydroxylation is 1. The summed E-state index contributed by atoms with van der Waals surface area (Å²) in [5.74, 6) is -0.805. The van der Waals surface area contributed by atoms with Gasteiger partial charge in [-0.3, -0.25) is 8.75 Å². The van der Waals surface area contributed by atoms with Gasteiger partial charge in [-0.25, -0.2) is 4.39 Å². The van der Waals surface area contributed by atoms with E-state index in [0.29, 0.717) is 23.9 Å². The zero-order chi connectivity index (χ0) is 23.6. The van der Waals surface area contributed by atoms with Crippen LogP contribution in [0.2, 0.25) is 0 Å². The van der Waals surface area contributed by atoms with E-state index in [2.05, 4.69) is 4.99 Å². The lowest BCUT2D eigenvalue weighted by molar-refractivity contribution is -0.137. The largest absolute Gasteiger partial charge is 0.496 e. The van der Waals surface area contributed by atoms with E-state index in [9.17, 15) is 22.4 Å². The first-order valence-electron chi connectivity index (χ1n) is 9.87. The second-order valence-corrected chi connectivity index (χ2v) is 9.91. The Hall–Kier alpha value is -2.16. The van der Waals surface area contributed by atoms with Crippen LogP contribution < -0.4 is 9.41 Å². The molecular formula is C22H28F4N2O2S. The number of amides is 1. The van der Waals surface area contributed by atoms with Gasteiger partial charge < -0.3 is 4.74 Å². The minimum absolute atomic E-state index is 0.0164. The van der Waals surface area contributed by atoms with Gasteiger partial charge in [0.1, 0.15) is 16.1 Å². The van der Waals surface area contributed by atoms with Gasteiger partial charge in [0.25, 0.3) is 5.91 Å². The average molecular weight is 461 g/mol. The fourth-order valence-corrected chi connectivity index (χ4v) is 3.91. The second kappa shape index (κ2) is 9.14. The van der Waals surface area contributed by atoms with E-state index < -0.39 is 23.3 Å². The van der Waals surface area contributed by atoms with Crippen LogP contribution in [0, 0.1) is 0 Å². The summed E-state index contributed by atoms with van der Waals surface area (Å²) in [6.45, 7) is 8.97. The number of benzene rings is 1. The Balaban J connectivity index is 2.50.